The highest BCUT2D eigenvalue weighted by Gasteiger charge is 2.27. The summed E-state index contributed by atoms with van der Waals surface area (Å²) in [5.74, 6) is -0.0237. The van der Waals surface area contributed by atoms with Crippen molar-refractivity contribution < 1.29 is 4.79 Å². The zero-order chi connectivity index (χ0) is 18.8. The summed E-state index contributed by atoms with van der Waals surface area (Å²) in [7, 11) is 1.85. The Hall–Kier alpha value is -2.66. The number of fused-ring (bicyclic) bond motifs is 1. The monoisotopic (exact) mass is 362 g/mol. The Morgan fingerprint density at radius 3 is 2.70 bits per heavy atom. The van der Waals surface area contributed by atoms with Gasteiger partial charge in [-0.1, -0.05) is 36.4 Å². The smallest absolute Gasteiger partial charge is 0.274 e. The van der Waals surface area contributed by atoms with Gasteiger partial charge in [-0.05, 0) is 44.0 Å². The highest BCUT2D eigenvalue weighted by Crippen LogP contribution is 2.23. The molecule has 0 spiro atoms. The second-order valence-electron chi connectivity index (χ2n) is 7.44. The molecule has 1 aliphatic heterocycles. The van der Waals surface area contributed by atoms with Gasteiger partial charge in [0.2, 0.25) is 0 Å². The van der Waals surface area contributed by atoms with Gasteiger partial charge in [0.05, 0.1) is 5.69 Å². The summed E-state index contributed by atoms with van der Waals surface area (Å²) in [5.41, 5.74) is 3.51. The molecule has 3 heterocycles. The Morgan fingerprint density at radius 2 is 1.96 bits per heavy atom. The van der Waals surface area contributed by atoms with Gasteiger partial charge in [0.1, 0.15) is 5.65 Å². The van der Waals surface area contributed by atoms with Gasteiger partial charge in [0.15, 0.2) is 5.69 Å². The van der Waals surface area contributed by atoms with Crippen LogP contribution in [0.25, 0.3) is 5.65 Å². The van der Waals surface area contributed by atoms with Gasteiger partial charge in [-0.3, -0.25) is 9.69 Å². The molecule has 1 atom stereocenters. The minimum Gasteiger partial charge on any atom is -0.336 e. The van der Waals surface area contributed by atoms with Crippen LogP contribution in [0.3, 0.4) is 0 Å². The maximum atomic E-state index is 13.2. The van der Waals surface area contributed by atoms with Gasteiger partial charge in [0, 0.05) is 32.4 Å². The normalized spacial score (nSPS) is 17.5. The van der Waals surface area contributed by atoms with Crippen molar-refractivity contribution in [3.8, 4) is 0 Å². The van der Waals surface area contributed by atoms with Crippen molar-refractivity contribution in [2.45, 2.75) is 38.9 Å². The molecule has 2 aromatic heterocycles. The topological polar surface area (TPSA) is 40.9 Å². The summed E-state index contributed by atoms with van der Waals surface area (Å²) in [6, 6.07) is 16.5. The lowest BCUT2D eigenvalue weighted by molar-refractivity contribution is 0.0777. The number of imidazole rings is 1. The molecule has 1 saturated heterocycles. The molecule has 4 rings (SSSR count). The van der Waals surface area contributed by atoms with Crippen LogP contribution in [-0.2, 0) is 13.1 Å². The molecule has 3 aromatic rings. The van der Waals surface area contributed by atoms with E-state index in [0.717, 1.165) is 30.0 Å². The van der Waals surface area contributed by atoms with Crippen LogP contribution < -0.4 is 0 Å². The number of pyridine rings is 1. The summed E-state index contributed by atoms with van der Waals surface area (Å²) >= 11 is 0. The van der Waals surface area contributed by atoms with Crippen LogP contribution in [0, 0.1) is 0 Å². The number of carbonyl (C=O) groups is 1. The first kappa shape index (κ1) is 17.7. The minimum absolute atomic E-state index is 0.0237. The molecule has 27 heavy (non-hydrogen) atoms. The fourth-order valence-corrected chi connectivity index (χ4v) is 3.90. The van der Waals surface area contributed by atoms with Crippen LogP contribution in [0.2, 0.25) is 0 Å². The highest BCUT2D eigenvalue weighted by molar-refractivity contribution is 5.94. The predicted octanol–water partition coefficient (Wildman–Crippen LogP) is 3.59. The van der Waals surface area contributed by atoms with Crippen molar-refractivity contribution in [1.82, 2.24) is 19.2 Å². The van der Waals surface area contributed by atoms with Crippen LogP contribution in [-0.4, -0.2) is 44.7 Å². The van der Waals surface area contributed by atoms with E-state index in [0.29, 0.717) is 18.3 Å². The van der Waals surface area contributed by atoms with Crippen LogP contribution >= 0.6 is 0 Å². The van der Waals surface area contributed by atoms with Crippen LogP contribution in [0.4, 0.5) is 0 Å². The molecule has 0 saturated carbocycles. The van der Waals surface area contributed by atoms with Gasteiger partial charge in [-0.25, -0.2) is 4.98 Å². The predicted molar refractivity (Wildman–Crippen MR) is 107 cm³/mol. The van der Waals surface area contributed by atoms with Crippen molar-refractivity contribution in [2.75, 3.05) is 13.6 Å². The molecule has 0 aliphatic carbocycles. The van der Waals surface area contributed by atoms with Crippen LogP contribution in [0.5, 0.6) is 0 Å². The van der Waals surface area contributed by atoms with Gasteiger partial charge in [0.25, 0.3) is 5.91 Å². The van der Waals surface area contributed by atoms with Gasteiger partial charge < -0.3 is 9.30 Å². The average Bonchev–Trinajstić information content (AvgIpc) is 3.26. The van der Waals surface area contributed by atoms with Crippen LogP contribution in [0.15, 0.2) is 54.7 Å². The summed E-state index contributed by atoms with van der Waals surface area (Å²) in [6.45, 7) is 4.67. The molecule has 1 amide bonds. The lowest BCUT2D eigenvalue weighted by Gasteiger charge is -2.22. The second-order valence-corrected chi connectivity index (χ2v) is 7.44. The van der Waals surface area contributed by atoms with E-state index in [9.17, 15) is 4.79 Å². The maximum absolute atomic E-state index is 13.2. The Labute approximate surface area is 160 Å². The van der Waals surface area contributed by atoms with Crippen LogP contribution in [0.1, 0.15) is 41.5 Å². The van der Waals surface area contributed by atoms with Crippen molar-refractivity contribution in [3.05, 3.63) is 71.7 Å². The summed E-state index contributed by atoms with van der Waals surface area (Å²) < 4.78 is 2.06. The number of benzene rings is 1. The fraction of sp³-hybridized carbons (Fsp3) is 0.364. The molecule has 0 radical (unpaired) electrons. The molecule has 5 heteroatoms. The molecule has 5 nitrogen and oxygen atoms in total. The molecular weight excluding hydrogens is 336 g/mol. The van der Waals surface area contributed by atoms with Gasteiger partial charge >= 0.3 is 0 Å². The quantitative estimate of drug-likeness (QED) is 0.696. The summed E-state index contributed by atoms with van der Waals surface area (Å²) in [6.07, 6.45) is 4.44. The maximum Gasteiger partial charge on any atom is 0.274 e. The van der Waals surface area contributed by atoms with Crippen molar-refractivity contribution in [3.63, 3.8) is 0 Å². The van der Waals surface area contributed by atoms with Crippen molar-refractivity contribution >= 4 is 11.6 Å². The number of carbonyl (C=O) groups excluding carboxylic acids is 1. The second kappa shape index (κ2) is 7.53. The number of amides is 1. The molecule has 1 aliphatic rings. The summed E-state index contributed by atoms with van der Waals surface area (Å²) in [5, 5.41) is 0. The number of likely N-dealkylation sites (tertiary alicyclic amines) is 1. The van der Waals surface area contributed by atoms with E-state index in [1.165, 1.54) is 12.8 Å². The lowest BCUT2D eigenvalue weighted by atomic mass is 10.2. The third-order valence-corrected chi connectivity index (χ3v) is 5.48. The average molecular weight is 362 g/mol. The first-order chi connectivity index (χ1) is 13.1. The molecule has 0 bridgehead atoms. The zero-order valence-electron chi connectivity index (χ0n) is 16.0. The molecule has 0 N–H and O–H groups in total. The van der Waals surface area contributed by atoms with E-state index in [1.807, 2.05) is 61.8 Å². The molecule has 0 unspecified atom stereocenters. The van der Waals surface area contributed by atoms with E-state index in [4.69, 9.17) is 0 Å². The fourth-order valence-electron chi connectivity index (χ4n) is 3.90. The lowest BCUT2D eigenvalue weighted by Crippen LogP contribution is -2.31. The first-order valence-electron chi connectivity index (χ1n) is 9.63. The molecule has 1 aromatic carbocycles. The van der Waals surface area contributed by atoms with E-state index < -0.39 is 0 Å². The number of hydrogen-bond acceptors (Lipinski definition) is 3. The Kier molecular flexibility index (Phi) is 4.94. The van der Waals surface area contributed by atoms with Gasteiger partial charge in [-0.2, -0.15) is 0 Å². The zero-order valence-corrected chi connectivity index (χ0v) is 16.0. The first-order valence-corrected chi connectivity index (χ1v) is 9.63. The Balaban J connectivity index is 1.65. The van der Waals surface area contributed by atoms with E-state index in [1.54, 1.807) is 4.90 Å². The van der Waals surface area contributed by atoms with Gasteiger partial charge in [-0.15, -0.1) is 0 Å². The number of nitrogens with zero attached hydrogens (tertiary/aromatic N) is 4. The van der Waals surface area contributed by atoms with Crippen molar-refractivity contribution in [2.24, 2.45) is 0 Å². The molecule has 1 fully saturated rings. The Morgan fingerprint density at radius 1 is 1.19 bits per heavy atom. The van der Waals surface area contributed by atoms with E-state index in [-0.39, 0.29) is 5.91 Å². The third-order valence-electron chi connectivity index (χ3n) is 5.48. The Bertz CT molecular complexity index is 934. The minimum atomic E-state index is -0.0237. The van der Waals surface area contributed by atoms with Crippen molar-refractivity contribution in [1.29, 1.82) is 0 Å². The largest absolute Gasteiger partial charge is 0.336 e. The standard InChI is InChI=1S/C22H26N4O/c1-17-9-8-13-25(17)16-19-21(23-20-12-6-7-14-26(19)20)22(27)24(2)15-18-10-4-3-5-11-18/h3-7,10-12,14,17H,8-9,13,15-16H2,1-2H3/t17-/m0/s1. The highest BCUT2D eigenvalue weighted by atomic mass is 16.2. The molecular formula is C22H26N4O. The molecule has 140 valence electrons. The van der Waals surface area contributed by atoms with E-state index in [2.05, 4.69) is 21.2 Å². The number of aromatic nitrogens is 2. The number of hydrogen-bond donors (Lipinski definition) is 0. The number of rotatable bonds is 5. The third kappa shape index (κ3) is 3.60. The SMILES string of the molecule is C[C@H]1CCCN1Cc1c(C(=O)N(C)Cc2ccccc2)nc2ccccn12. The summed E-state index contributed by atoms with van der Waals surface area (Å²) in [4.78, 5) is 22.1. The van der Waals surface area contributed by atoms with E-state index >= 15 is 0 Å².